The van der Waals surface area contributed by atoms with Gasteiger partial charge < -0.3 is 15.3 Å². The van der Waals surface area contributed by atoms with Gasteiger partial charge >= 0.3 is 6.18 Å². The third-order valence-corrected chi connectivity index (χ3v) is 5.15. The number of phenols is 1. The zero-order chi connectivity index (χ0) is 20.4. The van der Waals surface area contributed by atoms with E-state index in [-0.39, 0.29) is 11.8 Å². The largest absolute Gasteiger partial charge is 0.507 e. The first kappa shape index (κ1) is 21.1. The smallest absolute Gasteiger partial charge is 0.416 e. The molecule has 1 aromatic rings. The number of benzene rings is 1. The molecule has 2 unspecified atom stereocenters. The number of hydrogen-bond acceptors (Lipinski definition) is 2. The van der Waals surface area contributed by atoms with E-state index in [1.807, 2.05) is 32.1 Å². The van der Waals surface area contributed by atoms with Crippen molar-refractivity contribution in [1.29, 1.82) is 0 Å². The predicted octanol–water partition coefficient (Wildman–Crippen LogP) is 4.98. The summed E-state index contributed by atoms with van der Waals surface area (Å²) in [6, 6.07) is 1.68. The second-order valence-electron chi connectivity index (χ2n) is 7.59. The molecule has 1 aromatic carbocycles. The van der Waals surface area contributed by atoms with E-state index in [4.69, 9.17) is 5.73 Å². The zero-order valence-corrected chi connectivity index (χ0v) is 16.3. The maximum atomic E-state index is 13.1. The average Bonchev–Trinajstić information content (AvgIpc) is 2.53. The van der Waals surface area contributed by atoms with Crippen molar-refractivity contribution >= 4 is 0 Å². The minimum absolute atomic E-state index is 0.271. The van der Waals surface area contributed by atoms with E-state index in [1.54, 1.807) is 6.92 Å². The summed E-state index contributed by atoms with van der Waals surface area (Å²) in [5, 5.41) is 10.6. The SMILES string of the molecule is C/C(N)=C\C[N+]1(C)CC/C=C\C=C(/C)C1c1c(C)cc(C(F)(F)F)cc1O. The summed E-state index contributed by atoms with van der Waals surface area (Å²) in [5.74, 6) is -0.317. The van der Waals surface area contributed by atoms with Gasteiger partial charge in [-0.05, 0) is 50.1 Å². The van der Waals surface area contributed by atoms with Crippen molar-refractivity contribution in [3.05, 3.63) is 64.4 Å². The van der Waals surface area contributed by atoms with Crippen molar-refractivity contribution in [1.82, 2.24) is 0 Å². The molecule has 0 aliphatic carbocycles. The van der Waals surface area contributed by atoms with Crippen LogP contribution in [-0.2, 0) is 6.18 Å². The number of rotatable bonds is 3. The Labute approximate surface area is 158 Å². The van der Waals surface area contributed by atoms with Gasteiger partial charge in [0.1, 0.15) is 11.8 Å². The normalized spacial score (nSPS) is 27.4. The Morgan fingerprint density at radius 2 is 2.00 bits per heavy atom. The molecule has 0 saturated heterocycles. The lowest BCUT2D eigenvalue weighted by Crippen LogP contribution is -2.49. The maximum absolute atomic E-state index is 13.1. The van der Waals surface area contributed by atoms with Crippen LogP contribution in [0.2, 0.25) is 0 Å². The molecule has 3 N–H and O–H groups in total. The van der Waals surface area contributed by atoms with Crippen molar-refractivity contribution in [2.24, 2.45) is 5.73 Å². The zero-order valence-electron chi connectivity index (χ0n) is 16.3. The summed E-state index contributed by atoms with van der Waals surface area (Å²) < 4.78 is 39.9. The molecule has 1 aliphatic rings. The highest BCUT2D eigenvalue weighted by atomic mass is 19.4. The first-order chi connectivity index (χ1) is 12.5. The Hall–Kier alpha value is -2.21. The van der Waals surface area contributed by atoms with E-state index in [1.165, 1.54) is 0 Å². The number of likely N-dealkylation sites (N-methyl/N-ethyl adjacent to an activating group) is 1. The quantitative estimate of drug-likeness (QED) is 0.726. The molecule has 0 bridgehead atoms. The Kier molecular flexibility index (Phi) is 6.10. The molecule has 0 aromatic heterocycles. The van der Waals surface area contributed by atoms with E-state index in [2.05, 4.69) is 13.1 Å². The van der Waals surface area contributed by atoms with Crippen LogP contribution < -0.4 is 5.73 Å². The van der Waals surface area contributed by atoms with Gasteiger partial charge in [-0.1, -0.05) is 18.2 Å². The minimum atomic E-state index is -4.49. The van der Waals surface area contributed by atoms with E-state index >= 15 is 0 Å². The van der Waals surface area contributed by atoms with Gasteiger partial charge in [-0.25, -0.2) is 0 Å². The molecule has 0 radical (unpaired) electrons. The fourth-order valence-electron chi connectivity index (χ4n) is 3.79. The molecular weight excluding hydrogens is 353 g/mol. The summed E-state index contributed by atoms with van der Waals surface area (Å²) >= 11 is 0. The molecule has 27 heavy (non-hydrogen) atoms. The van der Waals surface area contributed by atoms with Crippen LogP contribution in [0.4, 0.5) is 13.2 Å². The summed E-state index contributed by atoms with van der Waals surface area (Å²) in [6.45, 7) is 6.78. The molecule has 2 rings (SSSR count). The summed E-state index contributed by atoms with van der Waals surface area (Å²) in [7, 11) is 2.05. The number of nitrogens with zero attached hydrogens (tertiary/aromatic N) is 1. The molecule has 0 saturated carbocycles. The standard InChI is InChI=1S/C21H27F3N2O/c1-14-8-6-5-7-10-26(4,11-9-16(3)25)20(14)19-15(2)12-17(13-18(19)27)21(22,23)24/h5-6,8-9,12-13,20H,7,10-11,25H2,1-4H3/p+1/b6-5-,14-8+,16-9+. The first-order valence-electron chi connectivity index (χ1n) is 8.96. The van der Waals surface area contributed by atoms with Crippen molar-refractivity contribution in [2.75, 3.05) is 20.1 Å². The Balaban J connectivity index is 2.66. The number of halogens is 3. The number of alkyl halides is 3. The van der Waals surface area contributed by atoms with Crippen LogP contribution in [0, 0.1) is 6.92 Å². The van der Waals surface area contributed by atoms with Gasteiger partial charge in [-0.3, -0.25) is 0 Å². The van der Waals surface area contributed by atoms with Gasteiger partial charge in [0.2, 0.25) is 0 Å². The molecule has 6 heteroatoms. The predicted molar refractivity (Wildman–Crippen MR) is 102 cm³/mol. The van der Waals surface area contributed by atoms with Crippen LogP contribution >= 0.6 is 0 Å². The van der Waals surface area contributed by atoms with Crippen molar-refractivity contribution in [2.45, 2.75) is 39.4 Å². The highest BCUT2D eigenvalue weighted by Crippen LogP contribution is 2.43. The van der Waals surface area contributed by atoms with Gasteiger partial charge in [-0.15, -0.1) is 0 Å². The van der Waals surface area contributed by atoms with Gasteiger partial charge in [0.05, 0.1) is 31.3 Å². The van der Waals surface area contributed by atoms with Crippen LogP contribution in [0.1, 0.15) is 43.0 Å². The van der Waals surface area contributed by atoms with Crippen LogP contribution in [0.15, 0.2) is 47.7 Å². The third-order valence-electron chi connectivity index (χ3n) is 5.15. The number of hydrogen-bond donors (Lipinski definition) is 2. The number of phenolic OH excluding ortho intramolecular Hbond substituents is 1. The molecule has 2 atom stereocenters. The number of aromatic hydroxyl groups is 1. The van der Waals surface area contributed by atoms with E-state index < -0.39 is 11.7 Å². The molecule has 1 heterocycles. The highest BCUT2D eigenvalue weighted by molar-refractivity contribution is 5.47. The molecule has 3 nitrogen and oxygen atoms in total. The lowest BCUT2D eigenvalue weighted by atomic mass is 9.89. The van der Waals surface area contributed by atoms with Crippen LogP contribution in [0.5, 0.6) is 5.75 Å². The maximum Gasteiger partial charge on any atom is 0.416 e. The second-order valence-corrected chi connectivity index (χ2v) is 7.59. The van der Waals surface area contributed by atoms with Gasteiger partial charge in [-0.2, -0.15) is 13.2 Å². The second kappa shape index (κ2) is 7.80. The average molecular weight is 381 g/mol. The number of nitrogens with two attached hydrogens (primary N) is 1. The van der Waals surface area contributed by atoms with E-state index in [9.17, 15) is 18.3 Å². The van der Waals surface area contributed by atoms with E-state index in [0.717, 1.165) is 30.7 Å². The summed E-state index contributed by atoms with van der Waals surface area (Å²) in [5.41, 5.74) is 7.65. The Morgan fingerprint density at radius 3 is 2.56 bits per heavy atom. The topological polar surface area (TPSA) is 46.2 Å². The van der Waals surface area contributed by atoms with E-state index in [0.29, 0.717) is 27.9 Å². The molecule has 0 fully saturated rings. The Bertz CT molecular complexity index is 766. The molecule has 148 valence electrons. The minimum Gasteiger partial charge on any atom is -0.507 e. The fourth-order valence-corrected chi connectivity index (χ4v) is 3.79. The van der Waals surface area contributed by atoms with Crippen molar-refractivity contribution < 1.29 is 22.8 Å². The summed E-state index contributed by atoms with van der Waals surface area (Å²) in [4.78, 5) is 0. The molecule has 0 spiro atoms. The van der Waals surface area contributed by atoms with Crippen molar-refractivity contribution in [3.63, 3.8) is 0 Å². The van der Waals surface area contributed by atoms with Crippen LogP contribution in [-0.4, -0.2) is 29.7 Å². The van der Waals surface area contributed by atoms with Gasteiger partial charge in [0.25, 0.3) is 0 Å². The molecule has 1 aliphatic heterocycles. The Morgan fingerprint density at radius 1 is 1.33 bits per heavy atom. The number of allylic oxidation sites excluding steroid dienone is 3. The fraction of sp³-hybridized carbons (Fsp3) is 0.429. The molecular formula is C21H28F3N2O+. The summed E-state index contributed by atoms with van der Waals surface area (Å²) in [6.07, 6.45) is 4.28. The van der Waals surface area contributed by atoms with Crippen LogP contribution in [0.25, 0.3) is 0 Å². The third kappa shape index (κ3) is 4.75. The lowest BCUT2D eigenvalue weighted by molar-refractivity contribution is -0.928. The first-order valence-corrected chi connectivity index (χ1v) is 8.96. The van der Waals surface area contributed by atoms with Gasteiger partial charge in [0, 0.05) is 12.1 Å². The number of aryl methyl sites for hydroxylation is 1. The highest BCUT2D eigenvalue weighted by Gasteiger charge is 2.39. The van der Waals surface area contributed by atoms with Crippen molar-refractivity contribution in [3.8, 4) is 5.75 Å². The number of quaternary nitrogens is 1. The van der Waals surface area contributed by atoms with Crippen LogP contribution in [0.3, 0.4) is 0 Å². The van der Waals surface area contributed by atoms with Gasteiger partial charge in [0.15, 0.2) is 0 Å². The lowest BCUT2D eigenvalue weighted by Gasteiger charge is -2.43. The monoisotopic (exact) mass is 381 g/mol. The molecule has 0 amide bonds.